The summed E-state index contributed by atoms with van der Waals surface area (Å²) in [5, 5.41) is 14.2. The predicted octanol–water partition coefficient (Wildman–Crippen LogP) is 5.08. The van der Waals surface area contributed by atoms with Crippen molar-refractivity contribution in [1.29, 1.82) is 0 Å². The fourth-order valence-electron chi connectivity index (χ4n) is 4.76. The number of aliphatic carboxylic acids is 1. The number of aryl methyl sites for hydroxylation is 1. The first kappa shape index (κ1) is 22.3. The number of carboxylic acids is 1. The normalized spacial score (nSPS) is 16.5. The first-order chi connectivity index (χ1) is 15.4. The number of hydrogen-bond acceptors (Lipinski definition) is 2. The number of nitrogens with one attached hydrogen (secondary N) is 1. The second kappa shape index (κ2) is 9.33. The Kier molecular flexibility index (Phi) is 6.51. The fraction of sp³-hybridized carbons (Fsp3) is 0.360. The van der Waals surface area contributed by atoms with Crippen LogP contribution in [0.25, 0.3) is 10.9 Å². The van der Waals surface area contributed by atoms with Crippen molar-refractivity contribution >= 4 is 34.4 Å². The van der Waals surface area contributed by atoms with Crippen molar-refractivity contribution in [3.05, 3.63) is 70.1 Å². The van der Waals surface area contributed by atoms with Gasteiger partial charge in [-0.2, -0.15) is 0 Å². The first-order valence-corrected chi connectivity index (χ1v) is 11.3. The maximum Gasteiger partial charge on any atom is 0.326 e. The number of halogens is 2. The van der Waals surface area contributed by atoms with Gasteiger partial charge in [-0.25, -0.2) is 9.18 Å². The van der Waals surface area contributed by atoms with Crippen LogP contribution in [-0.2, 0) is 28.9 Å². The van der Waals surface area contributed by atoms with Gasteiger partial charge >= 0.3 is 5.97 Å². The first-order valence-electron chi connectivity index (χ1n) is 10.9. The molecule has 1 aromatic heterocycles. The molecule has 168 valence electrons. The topological polar surface area (TPSA) is 71.3 Å². The number of rotatable bonds is 7. The third-order valence-corrected chi connectivity index (χ3v) is 6.48. The van der Waals surface area contributed by atoms with E-state index in [0.29, 0.717) is 43.5 Å². The van der Waals surface area contributed by atoms with Crippen molar-refractivity contribution in [2.75, 3.05) is 0 Å². The lowest BCUT2D eigenvalue weighted by molar-refractivity contribution is -0.141. The van der Waals surface area contributed by atoms with Crippen LogP contribution in [0.3, 0.4) is 0 Å². The van der Waals surface area contributed by atoms with Gasteiger partial charge in [0.05, 0.1) is 0 Å². The van der Waals surface area contributed by atoms with Crippen LogP contribution >= 0.6 is 11.6 Å². The van der Waals surface area contributed by atoms with Crippen molar-refractivity contribution in [2.24, 2.45) is 0 Å². The Balaban J connectivity index is 1.54. The Hall–Kier alpha value is -2.86. The van der Waals surface area contributed by atoms with Crippen molar-refractivity contribution in [1.82, 2.24) is 9.88 Å². The number of aromatic nitrogens is 1. The van der Waals surface area contributed by atoms with Gasteiger partial charge in [0, 0.05) is 34.1 Å². The van der Waals surface area contributed by atoms with Gasteiger partial charge in [0.25, 0.3) is 0 Å². The van der Waals surface area contributed by atoms with E-state index in [2.05, 4.69) is 5.32 Å². The monoisotopic (exact) mass is 456 g/mol. The van der Waals surface area contributed by atoms with Crippen LogP contribution < -0.4 is 5.32 Å². The van der Waals surface area contributed by atoms with Crippen molar-refractivity contribution in [3.8, 4) is 0 Å². The highest BCUT2D eigenvalue weighted by Gasteiger charge is 2.30. The van der Waals surface area contributed by atoms with Crippen LogP contribution in [0.4, 0.5) is 4.39 Å². The molecule has 0 saturated carbocycles. The average Bonchev–Trinajstić information content (AvgIpc) is 3.06. The van der Waals surface area contributed by atoms with E-state index in [1.54, 1.807) is 12.1 Å². The molecule has 1 aliphatic carbocycles. The number of fused-ring (bicyclic) bond motifs is 3. The molecule has 0 bridgehead atoms. The van der Waals surface area contributed by atoms with Crippen LogP contribution in [0.5, 0.6) is 0 Å². The SMILES string of the molecule is CCC(C(=O)O)n1c2c(c3cc(F)ccc31)CC(NC(=O)CCc1cccc(Cl)c1)CC2. The van der Waals surface area contributed by atoms with Crippen LogP contribution in [0.1, 0.15) is 49.0 Å². The maximum absolute atomic E-state index is 14.0. The van der Waals surface area contributed by atoms with Gasteiger partial charge in [-0.3, -0.25) is 4.79 Å². The molecule has 0 fully saturated rings. The minimum Gasteiger partial charge on any atom is -0.480 e. The number of carbonyl (C=O) groups is 2. The van der Waals surface area contributed by atoms with Gasteiger partial charge < -0.3 is 15.0 Å². The molecule has 2 aromatic carbocycles. The molecule has 32 heavy (non-hydrogen) atoms. The zero-order chi connectivity index (χ0) is 22.8. The van der Waals surface area contributed by atoms with Gasteiger partial charge in [-0.15, -0.1) is 0 Å². The number of carboxylic acid groups (broad SMARTS) is 1. The number of amides is 1. The summed E-state index contributed by atoms with van der Waals surface area (Å²) < 4.78 is 15.9. The van der Waals surface area contributed by atoms with Crippen molar-refractivity contribution < 1.29 is 19.1 Å². The molecule has 1 aliphatic rings. The Morgan fingerprint density at radius 1 is 1.28 bits per heavy atom. The van der Waals surface area contributed by atoms with Gasteiger partial charge in [-0.1, -0.05) is 30.7 Å². The summed E-state index contributed by atoms with van der Waals surface area (Å²) in [7, 11) is 0. The zero-order valence-corrected chi connectivity index (χ0v) is 18.7. The lowest BCUT2D eigenvalue weighted by Gasteiger charge is -2.26. The molecule has 0 radical (unpaired) electrons. The third kappa shape index (κ3) is 4.51. The Morgan fingerprint density at radius 3 is 2.81 bits per heavy atom. The Labute approximate surface area is 191 Å². The quantitative estimate of drug-likeness (QED) is 0.521. The molecular formula is C25H26ClFN2O3. The van der Waals surface area contributed by atoms with Crippen LogP contribution in [-0.4, -0.2) is 27.6 Å². The van der Waals surface area contributed by atoms with Crippen molar-refractivity contribution in [2.45, 2.75) is 57.5 Å². The molecule has 4 rings (SSSR count). The maximum atomic E-state index is 14.0. The summed E-state index contributed by atoms with van der Waals surface area (Å²) in [6.45, 7) is 1.84. The lowest BCUT2D eigenvalue weighted by Crippen LogP contribution is -2.39. The highest BCUT2D eigenvalue weighted by atomic mass is 35.5. The molecule has 3 aromatic rings. The van der Waals surface area contributed by atoms with E-state index in [4.69, 9.17) is 11.6 Å². The molecule has 1 amide bonds. The van der Waals surface area contributed by atoms with E-state index in [1.807, 2.05) is 29.7 Å². The van der Waals surface area contributed by atoms with Gasteiger partial charge in [0.1, 0.15) is 11.9 Å². The molecule has 0 aliphatic heterocycles. The summed E-state index contributed by atoms with van der Waals surface area (Å²) in [6.07, 6.45) is 3.30. The molecule has 2 atom stereocenters. The van der Waals surface area contributed by atoms with E-state index in [9.17, 15) is 19.1 Å². The standard InChI is InChI=1S/C25H26ClFN2O3/c1-2-21(25(31)32)29-22-9-7-17(27)13-19(22)20-14-18(8-10-23(20)29)28-24(30)11-6-15-4-3-5-16(26)12-15/h3-5,7,9,12-13,18,21H,2,6,8,10-11,14H2,1H3,(H,28,30)(H,31,32). The molecule has 7 heteroatoms. The molecule has 0 saturated heterocycles. The predicted molar refractivity (Wildman–Crippen MR) is 123 cm³/mol. The van der Waals surface area contributed by atoms with Gasteiger partial charge in [-0.05, 0) is 73.6 Å². The molecule has 5 nitrogen and oxygen atoms in total. The summed E-state index contributed by atoms with van der Waals surface area (Å²) in [6, 6.07) is 11.2. The molecule has 0 spiro atoms. The van der Waals surface area contributed by atoms with E-state index >= 15 is 0 Å². The molecule has 2 unspecified atom stereocenters. The average molecular weight is 457 g/mol. The van der Waals surface area contributed by atoms with E-state index < -0.39 is 12.0 Å². The number of benzene rings is 2. The molecule has 2 N–H and O–H groups in total. The lowest BCUT2D eigenvalue weighted by atomic mass is 9.91. The van der Waals surface area contributed by atoms with E-state index in [0.717, 1.165) is 27.7 Å². The number of carbonyl (C=O) groups excluding carboxylic acids is 1. The Bertz CT molecular complexity index is 1170. The largest absolute Gasteiger partial charge is 0.480 e. The summed E-state index contributed by atoms with van der Waals surface area (Å²) in [5.41, 5.74) is 3.62. The van der Waals surface area contributed by atoms with Crippen LogP contribution in [0, 0.1) is 5.82 Å². The highest BCUT2D eigenvalue weighted by Crippen LogP contribution is 2.36. The van der Waals surface area contributed by atoms with Crippen molar-refractivity contribution in [3.63, 3.8) is 0 Å². The van der Waals surface area contributed by atoms with Crippen LogP contribution in [0.15, 0.2) is 42.5 Å². The fourth-order valence-corrected chi connectivity index (χ4v) is 4.97. The molecule has 1 heterocycles. The van der Waals surface area contributed by atoms with E-state index in [-0.39, 0.29) is 17.8 Å². The summed E-state index contributed by atoms with van der Waals surface area (Å²) in [5.74, 6) is -1.29. The number of nitrogens with zero attached hydrogens (tertiary/aromatic N) is 1. The summed E-state index contributed by atoms with van der Waals surface area (Å²) in [4.78, 5) is 24.4. The Morgan fingerprint density at radius 2 is 2.09 bits per heavy atom. The van der Waals surface area contributed by atoms with Crippen LogP contribution in [0.2, 0.25) is 5.02 Å². The minimum atomic E-state index is -0.895. The molecular weight excluding hydrogens is 431 g/mol. The summed E-state index contributed by atoms with van der Waals surface area (Å²) >= 11 is 6.01. The smallest absolute Gasteiger partial charge is 0.326 e. The second-order valence-corrected chi connectivity index (χ2v) is 8.79. The highest BCUT2D eigenvalue weighted by molar-refractivity contribution is 6.30. The third-order valence-electron chi connectivity index (χ3n) is 6.24. The van der Waals surface area contributed by atoms with Gasteiger partial charge in [0.15, 0.2) is 0 Å². The van der Waals surface area contributed by atoms with Gasteiger partial charge in [0.2, 0.25) is 5.91 Å². The zero-order valence-electron chi connectivity index (χ0n) is 17.9. The van der Waals surface area contributed by atoms with E-state index in [1.165, 1.54) is 12.1 Å². The second-order valence-electron chi connectivity index (χ2n) is 8.36. The minimum absolute atomic E-state index is 0.0367. The number of hydrogen-bond donors (Lipinski definition) is 2.